The number of carbonyl (C=O) groups is 2. The first-order valence-electron chi connectivity index (χ1n) is 9.55. The number of nitrogens with one attached hydrogen (secondary N) is 2. The minimum absolute atomic E-state index is 0.255. The smallest absolute Gasteiger partial charge is 0.321 e. The van der Waals surface area contributed by atoms with Crippen molar-refractivity contribution >= 4 is 18.0 Å². The fourth-order valence-electron chi connectivity index (χ4n) is 2.99. The molecule has 0 radical (unpaired) electrons. The van der Waals surface area contributed by atoms with E-state index in [-0.39, 0.29) is 17.5 Å². The molecule has 1 saturated heterocycles. The third-order valence-corrected chi connectivity index (χ3v) is 4.53. The largest absolute Gasteiger partial charge is 0.333 e. The molecule has 2 N–H and O–H groups in total. The first-order valence-corrected chi connectivity index (χ1v) is 9.55. The van der Waals surface area contributed by atoms with E-state index in [4.69, 9.17) is 0 Å². The number of carbonyl (C=O) groups excluding carboxylic acids is 2. The van der Waals surface area contributed by atoms with Gasteiger partial charge in [0.25, 0.3) is 0 Å². The number of hydrogen-bond donors (Lipinski definition) is 2. The van der Waals surface area contributed by atoms with E-state index in [2.05, 4.69) is 44.7 Å². The Balaban J connectivity index is 1.73. The van der Waals surface area contributed by atoms with Crippen molar-refractivity contribution in [1.29, 1.82) is 0 Å². The number of urea groups is 1. The predicted molar refractivity (Wildman–Crippen MR) is 109 cm³/mol. The molecule has 1 atom stereocenters. The van der Waals surface area contributed by atoms with Crippen LogP contribution in [0.1, 0.15) is 33.3 Å². The molecule has 1 aromatic rings. The molecule has 0 spiro atoms. The van der Waals surface area contributed by atoms with Gasteiger partial charge in [0.05, 0.1) is 6.04 Å². The SMILES string of the molecule is C[C@@H](C(=O)NC(=O)NC(C)(C)C)N1CCN(C/C=C/c2ccccc2)CC1. The summed E-state index contributed by atoms with van der Waals surface area (Å²) in [5, 5.41) is 5.19. The summed E-state index contributed by atoms with van der Waals surface area (Å²) in [7, 11) is 0. The zero-order valence-electron chi connectivity index (χ0n) is 16.9. The van der Waals surface area contributed by atoms with Gasteiger partial charge in [0.1, 0.15) is 0 Å². The molecule has 148 valence electrons. The van der Waals surface area contributed by atoms with E-state index in [1.807, 2.05) is 45.9 Å². The van der Waals surface area contributed by atoms with Crippen LogP contribution in [-0.4, -0.2) is 66.0 Å². The van der Waals surface area contributed by atoms with Crippen LogP contribution in [0.4, 0.5) is 4.79 Å². The molecular weight excluding hydrogens is 340 g/mol. The molecule has 6 nitrogen and oxygen atoms in total. The summed E-state index contributed by atoms with van der Waals surface area (Å²) in [6.07, 6.45) is 4.31. The first kappa shape index (κ1) is 21.1. The highest BCUT2D eigenvalue weighted by atomic mass is 16.2. The minimum Gasteiger partial charge on any atom is -0.333 e. The lowest BCUT2D eigenvalue weighted by Crippen LogP contribution is -2.56. The quantitative estimate of drug-likeness (QED) is 0.833. The minimum atomic E-state index is -0.441. The van der Waals surface area contributed by atoms with E-state index in [0.29, 0.717) is 0 Å². The van der Waals surface area contributed by atoms with Gasteiger partial charge in [0.15, 0.2) is 0 Å². The van der Waals surface area contributed by atoms with Crippen molar-refractivity contribution in [1.82, 2.24) is 20.4 Å². The van der Waals surface area contributed by atoms with Crippen molar-refractivity contribution in [2.45, 2.75) is 39.3 Å². The number of benzene rings is 1. The third kappa shape index (κ3) is 7.53. The van der Waals surface area contributed by atoms with Gasteiger partial charge in [-0.25, -0.2) is 4.79 Å². The highest BCUT2D eigenvalue weighted by Gasteiger charge is 2.26. The fraction of sp³-hybridized carbons (Fsp3) is 0.524. The lowest BCUT2D eigenvalue weighted by molar-refractivity contribution is -0.125. The molecule has 0 bridgehead atoms. The summed E-state index contributed by atoms with van der Waals surface area (Å²) >= 11 is 0. The summed E-state index contributed by atoms with van der Waals surface area (Å²) in [6.45, 7) is 11.8. The van der Waals surface area contributed by atoms with Crippen molar-refractivity contribution in [3.8, 4) is 0 Å². The van der Waals surface area contributed by atoms with Crippen molar-refractivity contribution < 1.29 is 9.59 Å². The van der Waals surface area contributed by atoms with Crippen LogP contribution in [0.2, 0.25) is 0 Å². The summed E-state index contributed by atoms with van der Waals surface area (Å²) in [6, 6.07) is 9.50. The molecule has 1 fully saturated rings. The van der Waals surface area contributed by atoms with Gasteiger partial charge in [-0.15, -0.1) is 0 Å². The zero-order chi connectivity index (χ0) is 19.9. The number of imide groups is 1. The van der Waals surface area contributed by atoms with E-state index >= 15 is 0 Å². The van der Waals surface area contributed by atoms with Crippen molar-refractivity contribution in [3.63, 3.8) is 0 Å². The van der Waals surface area contributed by atoms with E-state index in [0.717, 1.165) is 32.7 Å². The maximum Gasteiger partial charge on any atom is 0.321 e. The molecule has 1 aromatic carbocycles. The molecule has 0 unspecified atom stereocenters. The zero-order valence-corrected chi connectivity index (χ0v) is 16.9. The van der Waals surface area contributed by atoms with E-state index in [1.165, 1.54) is 5.56 Å². The Hall–Kier alpha value is -2.18. The van der Waals surface area contributed by atoms with Crippen LogP contribution < -0.4 is 10.6 Å². The van der Waals surface area contributed by atoms with Gasteiger partial charge < -0.3 is 5.32 Å². The summed E-state index contributed by atoms with van der Waals surface area (Å²) in [5.41, 5.74) is 0.835. The van der Waals surface area contributed by atoms with Crippen LogP contribution in [0, 0.1) is 0 Å². The molecule has 0 aliphatic carbocycles. The van der Waals surface area contributed by atoms with Gasteiger partial charge >= 0.3 is 6.03 Å². The average molecular weight is 373 g/mol. The monoisotopic (exact) mass is 372 g/mol. The van der Waals surface area contributed by atoms with E-state index < -0.39 is 6.03 Å². The number of piperazine rings is 1. The van der Waals surface area contributed by atoms with Gasteiger partial charge in [-0.3, -0.25) is 19.9 Å². The van der Waals surface area contributed by atoms with E-state index in [1.54, 1.807) is 0 Å². The summed E-state index contributed by atoms with van der Waals surface area (Å²) in [4.78, 5) is 28.7. The molecule has 6 heteroatoms. The highest BCUT2D eigenvalue weighted by Crippen LogP contribution is 2.08. The Morgan fingerprint density at radius 1 is 1.11 bits per heavy atom. The molecular formula is C21H32N4O2. The normalized spacial score (nSPS) is 17.6. The first-order chi connectivity index (χ1) is 12.7. The van der Waals surface area contributed by atoms with Crippen molar-refractivity contribution in [3.05, 3.63) is 42.0 Å². The molecule has 0 aromatic heterocycles. The van der Waals surface area contributed by atoms with Crippen molar-refractivity contribution in [2.75, 3.05) is 32.7 Å². The second kappa shape index (κ2) is 9.67. The fourth-order valence-corrected chi connectivity index (χ4v) is 2.99. The molecule has 3 amide bonds. The topological polar surface area (TPSA) is 64.7 Å². The third-order valence-electron chi connectivity index (χ3n) is 4.53. The number of hydrogen-bond acceptors (Lipinski definition) is 4. The van der Waals surface area contributed by atoms with Gasteiger partial charge in [0.2, 0.25) is 5.91 Å². The van der Waals surface area contributed by atoms with E-state index in [9.17, 15) is 9.59 Å². The Morgan fingerprint density at radius 3 is 2.33 bits per heavy atom. The van der Waals surface area contributed by atoms with Crippen LogP contribution >= 0.6 is 0 Å². The second-order valence-electron chi connectivity index (χ2n) is 8.02. The van der Waals surface area contributed by atoms with Crippen LogP contribution in [0.15, 0.2) is 36.4 Å². The van der Waals surface area contributed by atoms with Crippen LogP contribution in [0.25, 0.3) is 6.08 Å². The lowest BCUT2D eigenvalue weighted by Gasteiger charge is -2.37. The molecule has 2 rings (SSSR count). The summed E-state index contributed by atoms with van der Waals surface area (Å²) in [5.74, 6) is -0.255. The molecule has 0 saturated carbocycles. The van der Waals surface area contributed by atoms with Gasteiger partial charge in [-0.05, 0) is 33.3 Å². The van der Waals surface area contributed by atoms with Gasteiger partial charge in [0, 0.05) is 38.3 Å². The van der Waals surface area contributed by atoms with Crippen LogP contribution in [-0.2, 0) is 4.79 Å². The predicted octanol–water partition coefficient (Wildman–Crippen LogP) is 2.33. The molecule has 27 heavy (non-hydrogen) atoms. The van der Waals surface area contributed by atoms with Crippen LogP contribution in [0.3, 0.4) is 0 Å². The number of rotatable bonds is 5. The highest BCUT2D eigenvalue weighted by molar-refractivity contribution is 5.97. The molecule has 1 heterocycles. The average Bonchev–Trinajstić information content (AvgIpc) is 2.61. The maximum absolute atomic E-state index is 12.3. The van der Waals surface area contributed by atoms with Crippen LogP contribution in [0.5, 0.6) is 0 Å². The number of amides is 3. The summed E-state index contributed by atoms with van der Waals surface area (Å²) < 4.78 is 0. The van der Waals surface area contributed by atoms with Gasteiger partial charge in [-0.2, -0.15) is 0 Å². The molecule has 1 aliphatic rings. The van der Waals surface area contributed by atoms with Crippen molar-refractivity contribution in [2.24, 2.45) is 0 Å². The Kier molecular flexibility index (Phi) is 7.56. The lowest BCUT2D eigenvalue weighted by atomic mass is 10.1. The maximum atomic E-state index is 12.3. The standard InChI is InChI=1S/C21H32N4O2/c1-17(19(26)22-20(27)23-21(2,3)4)25-15-13-24(14-16-25)12-8-11-18-9-6-5-7-10-18/h5-11,17H,12-16H2,1-4H3,(H2,22,23,26,27)/b11-8+/t17-/m0/s1. The Morgan fingerprint density at radius 2 is 1.74 bits per heavy atom. The Bertz CT molecular complexity index is 644. The molecule has 1 aliphatic heterocycles. The Labute approximate surface area is 162 Å². The van der Waals surface area contributed by atoms with Gasteiger partial charge in [-0.1, -0.05) is 42.5 Å². The number of nitrogens with zero attached hydrogens (tertiary/aromatic N) is 2. The second-order valence-corrected chi connectivity index (χ2v) is 8.02.